The summed E-state index contributed by atoms with van der Waals surface area (Å²) >= 11 is 3.26. The predicted octanol–water partition coefficient (Wildman–Crippen LogP) is 2.72. The Morgan fingerprint density at radius 2 is 2.05 bits per heavy atom. The summed E-state index contributed by atoms with van der Waals surface area (Å²) in [6, 6.07) is 3.23. The van der Waals surface area contributed by atoms with Crippen LogP contribution in [0.15, 0.2) is 29.0 Å². The first kappa shape index (κ1) is 15.0. The third-order valence-corrected chi connectivity index (χ3v) is 3.07. The van der Waals surface area contributed by atoms with Gasteiger partial charge in [0.25, 0.3) is 0 Å². The fraction of sp³-hybridized carbons (Fsp3) is 0.333. The van der Waals surface area contributed by atoms with Crippen LogP contribution in [0, 0.1) is 0 Å². The number of aromatic nitrogens is 2. The number of hydrogen-bond acceptors (Lipinski definition) is 4. The minimum Gasteiger partial charge on any atom is -0.359 e. The summed E-state index contributed by atoms with van der Waals surface area (Å²) in [5.74, 6) is 0. The third-order valence-electron chi connectivity index (χ3n) is 2.63. The van der Waals surface area contributed by atoms with E-state index < -0.39 is 12.7 Å². The van der Waals surface area contributed by atoms with Crippen molar-refractivity contribution >= 4 is 32.7 Å². The average molecular weight is 349 g/mol. The Balaban J connectivity index is 2.47. The molecule has 0 aromatic carbocycles. The van der Waals surface area contributed by atoms with Crippen LogP contribution in [-0.4, -0.2) is 35.8 Å². The van der Waals surface area contributed by atoms with E-state index in [2.05, 4.69) is 25.9 Å². The molecule has 2 heterocycles. The van der Waals surface area contributed by atoms with Crippen LogP contribution in [0.25, 0.3) is 11.0 Å². The SMILES string of the molecule is NCCN(CC(F)(F)F)c1ccnc2cc(Br)cnc12. The molecule has 0 unspecified atom stereocenters. The van der Waals surface area contributed by atoms with Gasteiger partial charge in [-0.2, -0.15) is 13.2 Å². The van der Waals surface area contributed by atoms with Crippen molar-refractivity contribution in [2.24, 2.45) is 5.73 Å². The second-order valence-electron chi connectivity index (χ2n) is 4.18. The Hall–Kier alpha value is -1.41. The van der Waals surface area contributed by atoms with Crippen molar-refractivity contribution in [3.8, 4) is 0 Å². The van der Waals surface area contributed by atoms with Crippen molar-refractivity contribution in [3.05, 3.63) is 29.0 Å². The smallest absolute Gasteiger partial charge is 0.359 e. The van der Waals surface area contributed by atoms with Gasteiger partial charge >= 0.3 is 6.18 Å². The molecule has 2 N–H and O–H groups in total. The molecule has 0 radical (unpaired) electrons. The highest BCUT2D eigenvalue weighted by Gasteiger charge is 2.31. The molecule has 0 bridgehead atoms. The van der Waals surface area contributed by atoms with Gasteiger partial charge in [-0.1, -0.05) is 0 Å². The zero-order valence-corrected chi connectivity index (χ0v) is 11.9. The molecule has 0 atom stereocenters. The van der Waals surface area contributed by atoms with Crippen molar-refractivity contribution in [1.29, 1.82) is 0 Å². The maximum absolute atomic E-state index is 12.7. The molecule has 0 aliphatic heterocycles. The molecule has 0 saturated heterocycles. The van der Waals surface area contributed by atoms with Crippen LogP contribution < -0.4 is 10.6 Å². The molecule has 0 amide bonds. The molecule has 0 fully saturated rings. The van der Waals surface area contributed by atoms with Crippen molar-refractivity contribution in [3.63, 3.8) is 0 Å². The molecule has 0 aliphatic rings. The normalized spacial score (nSPS) is 11.8. The molecule has 2 aromatic rings. The zero-order chi connectivity index (χ0) is 14.8. The molecule has 2 aromatic heterocycles. The lowest BCUT2D eigenvalue weighted by molar-refractivity contribution is -0.119. The Labute approximate surface area is 121 Å². The van der Waals surface area contributed by atoms with E-state index in [0.29, 0.717) is 16.7 Å². The number of fused-ring (bicyclic) bond motifs is 1. The molecule has 20 heavy (non-hydrogen) atoms. The maximum atomic E-state index is 12.7. The van der Waals surface area contributed by atoms with Gasteiger partial charge in [0.2, 0.25) is 0 Å². The van der Waals surface area contributed by atoms with E-state index >= 15 is 0 Å². The summed E-state index contributed by atoms with van der Waals surface area (Å²) in [5.41, 5.74) is 6.73. The van der Waals surface area contributed by atoms with Crippen LogP contribution in [0.4, 0.5) is 18.9 Å². The molecular weight excluding hydrogens is 337 g/mol. The molecular formula is C12H12BrF3N4. The van der Waals surface area contributed by atoms with Crippen LogP contribution >= 0.6 is 15.9 Å². The standard InChI is InChI=1S/C12H12BrF3N4/c13-8-5-9-11(19-6-8)10(1-3-18-9)20(4-2-17)7-12(14,15)16/h1,3,5-6H,2,4,7,17H2. The third kappa shape index (κ3) is 3.57. The van der Waals surface area contributed by atoms with Crippen LogP contribution in [0.2, 0.25) is 0 Å². The summed E-state index contributed by atoms with van der Waals surface area (Å²) < 4.78 is 38.7. The van der Waals surface area contributed by atoms with Crippen LogP contribution in [0.1, 0.15) is 0 Å². The van der Waals surface area contributed by atoms with E-state index in [4.69, 9.17) is 5.73 Å². The highest BCUT2D eigenvalue weighted by molar-refractivity contribution is 9.10. The number of alkyl halides is 3. The van der Waals surface area contributed by atoms with Crippen molar-refractivity contribution in [2.45, 2.75) is 6.18 Å². The number of nitrogens with two attached hydrogens (primary N) is 1. The van der Waals surface area contributed by atoms with Gasteiger partial charge in [-0.3, -0.25) is 9.97 Å². The van der Waals surface area contributed by atoms with E-state index in [1.165, 1.54) is 23.4 Å². The zero-order valence-electron chi connectivity index (χ0n) is 10.4. The van der Waals surface area contributed by atoms with E-state index in [9.17, 15) is 13.2 Å². The fourth-order valence-corrected chi connectivity index (χ4v) is 2.22. The monoisotopic (exact) mass is 348 g/mol. The van der Waals surface area contributed by atoms with E-state index in [0.717, 1.165) is 4.47 Å². The van der Waals surface area contributed by atoms with Gasteiger partial charge < -0.3 is 10.6 Å². The molecule has 0 saturated carbocycles. The summed E-state index contributed by atoms with van der Waals surface area (Å²) in [5, 5.41) is 0. The maximum Gasteiger partial charge on any atom is 0.405 e. The number of anilines is 1. The highest BCUT2D eigenvalue weighted by Crippen LogP contribution is 2.28. The Morgan fingerprint density at radius 1 is 1.30 bits per heavy atom. The summed E-state index contributed by atoms with van der Waals surface area (Å²) in [6.45, 7) is -0.853. The quantitative estimate of drug-likeness (QED) is 0.922. The summed E-state index contributed by atoms with van der Waals surface area (Å²) in [6.07, 6.45) is -1.31. The predicted molar refractivity (Wildman–Crippen MR) is 74.6 cm³/mol. The van der Waals surface area contributed by atoms with Crippen molar-refractivity contribution in [2.75, 3.05) is 24.5 Å². The first-order valence-electron chi connectivity index (χ1n) is 5.83. The largest absolute Gasteiger partial charge is 0.405 e. The Bertz CT molecular complexity index is 603. The lowest BCUT2D eigenvalue weighted by Crippen LogP contribution is -2.37. The fourth-order valence-electron chi connectivity index (χ4n) is 1.90. The summed E-state index contributed by atoms with van der Waals surface area (Å²) in [7, 11) is 0. The molecule has 108 valence electrons. The Kier molecular flexibility index (Phi) is 4.44. The molecule has 4 nitrogen and oxygen atoms in total. The number of halogens is 4. The number of pyridine rings is 2. The number of hydrogen-bond donors (Lipinski definition) is 1. The minimum atomic E-state index is -4.31. The lowest BCUT2D eigenvalue weighted by atomic mass is 10.2. The molecule has 0 spiro atoms. The van der Waals surface area contributed by atoms with Gasteiger partial charge in [0.15, 0.2) is 0 Å². The topological polar surface area (TPSA) is 55.0 Å². The summed E-state index contributed by atoms with van der Waals surface area (Å²) in [4.78, 5) is 9.44. The van der Waals surface area contributed by atoms with Gasteiger partial charge in [-0.05, 0) is 28.1 Å². The van der Waals surface area contributed by atoms with Crippen LogP contribution in [-0.2, 0) is 0 Å². The second kappa shape index (κ2) is 5.92. The van der Waals surface area contributed by atoms with E-state index in [1.54, 1.807) is 6.07 Å². The Morgan fingerprint density at radius 3 is 2.70 bits per heavy atom. The van der Waals surface area contributed by atoms with Crippen molar-refractivity contribution in [1.82, 2.24) is 9.97 Å². The lowest BCUT2D eigenvalue weighted by Gasteiger charge is -2.26. The number of nitrogens with zero attached hydrogens (tertiary/aromatic N) is 3. The second-order valence-corrected chi connectivity index (χ2v) is 5.09. The van der Waals surface area contributed by atoms with E-state index in [1.807, 2.05) is 0 Å². The molecule has 2 rings (SSSR count). The van der Waals surface area contributed by atoms with Gasteiger partial charge in [0, 0.05) is 30.0 Å². The molecule has 0 aliphatic carbocycles. The van der Waals surface area contributed by atoms with Gasteiger partial charge in [-0.15, -0.1) is 0 Å². The van der Waals surface area contributed by atoms with Gasteiger partial charge in [0.1, 0.15) is 12.1 Å². The number of rotatable bonds is 4. The van der Waals surface area contributed by atoms with Crippen LogP contribution in [0.3, 0.4) is 0 Å². The van der Waals surface area contributed by atoms with Gasteiger partial charge in [0.05, 0.1) is 11.2 Å². The van der Waals surface area contributed by atoms with Gasteiger partial charge in [-0.25, -0.2) is 0 Å². The minimum absolute atomic E-state index is 0.0936. The molecule has 8 heteroatoms. The van der Waals surface area contributed by atoms with E-state index in [-0.39, 0.29) is 13.1 Å². The van der Waals surface area contributed by atoms with Crippen molar-refractivity contribution < 1.29 is 13.2 Å². The highest BCUT2D eigenvalue weighted by atomic mass is 79.9. The first-order chi connectivity index (χ1) is 9.40. The van der Waals surface area contributed by atoms with Crippen LogP contribution in [0.5, 0.6) is 0 Å². The first-order valence-corrected chi connectivity index (χ1v) is 6.62. The average Bonchev–Trinajstić information content (AvgIpc) is 2.35.